The first-order chi connectivity index (χ1) is 10.1. The maximum Gasteiger partial charge on any atom is 2.00 e. The van der Waals surface area contributed by atoms with Crippen molar-refractivity contribution in [1.29, 1.82) is 0 Å². The van der Waals surface area contributed by atoms with Crippen LogP contribution in [0.1, 0.15) is 11.1 Å². The number of aromatic nitrogens is 3. The minimum Gasteiger partial charge on any atom is -0.872 e. The average molecular weight is 359 g/mol. The van der Waals surface area contributed by atoms with Crippen LogP contribution >= 0.6 is 0 Å². The largest absolute Gasteiger partial charge is 2.00 e. The van der Waals surface area contributed by atoms with E-state index >= 15 is 0 Å². The molecule has 0 bridgehead atoms. The van der Waals surface area contributed by atoms with Gasteiger partial charge in [-0.15, -0.1) is 5.10 Å². The van der Waals surface area contributed by atoms with Crippen LogP contribution < -0.4 is 10.7 Å². The molecule has 0 amide bonds. The Morgan fingerprint density at radius 2 is 2.23 bits per heavy atom. The van der Waals surface area contributed by atoms with Gasteiger partial charge in [0.05, 0.1) is 6.21 Å². The van der Waals surface area contributed by atoms with Crippen molar-refractivity contribution in [2.75, 3.05) is 0 Å². The number of hydrogen-bond acceptors (Lipinski definition) is 7. The molecule has 0 aliphatic rings. The molecule has 1 aromatic carbocycles. The summed E-state index contributed by atoms with van der Waals surface area (Å²) in [5.41, 5.74) is 0.587. The van der Waals surface area contributed by atoms with Crippen molar-refractivity contribution in [3.05, 3.63) is 46.1 Å². The van der Waals surface area contributed by atoms with Gasteiger partial charge in [-0.1, -0.05) is 17.9 Å². The molecule has 7 nitrogen and oxygen atoms in total. The molecule has 9 heteroatoms. The van der Waals surface area contributed by atoms with Crippen LogP contribution in [0.25, 0.3) is 11.0 Å². The van der Waals surface area contributed by atoms with Gasteiger partial charge in [-0.05, 0) is 12.5 Å². The zero-order valence-electron chi connectivity index (χ0n) is 11.1. The van der Waals surface area contributed by atoms with E-state index in [4.69, 9.17) is 17.0 Å². The summed E-state index contributed by atoms with van der Waals surface area (Å²) in [6.45, 7) is 1.77. The zero-order chi connectivity index (χ0) is 15.0. The van der Waals surface area contributed by atoms with E-state index in [1.54, 1.807) is 13.0 Å². The van der Waals surface area contributed by atoms with Crippen LogP contribution in [0.3, 0.4) is 0 Å². The molecule has 0 atom stereocenters. The molecular weight excluding hydrogens is 351 g/mol. The van der Waals surface area contributed by atoms with Crippen molar-refractivity contribution in [2.45, 2.75) is 12.1 Å². The first-order valence-corrected chi connectivity index (χ1v) is 6.33. The van der Waals surface area contributed by atoms with E-state index in [-0.39, 0.29) is 38.8 Å². The van der Waals surface area contributed by atoms with E-state index in [9.17, 15) is 9.90 Å². The molecule has 22 heavy (non-hydrogen) atoms. The topological polar surface area (TPSA) is 96.3 Å². The minimum atomic E-state index is -0.520. The van der Waals surface area contributed by atoms with E-state index < -0.39 is 5.63 Å². The Labute approximate surface area is 140 Å². The molecule has 0 aliphatic heterocycles. The van der Waals surface area contributed by atoms with E-state index in [0.29, 0.717) is 5.39 Å². The second kappa shape index (κ2) is 6.26. The van der Waals surface area contributed by atoms with Crippen LogP contribution in [-0.4, -0.2) is 21.1 Å². The van der Waals surface area contributed by atoms with Gasteiger partial charge in [0, 0.05) is 22.2 Å². The summed E-state index contributed by atoms with van der Waals surface area (Å²) in [6, 6.07) is 4.39. The van der Waals surface area contributed by atoms with Crippen LogP contribution in [0.15, 0.2) is 44.0 Å². The molecule has 113 valence electrons. The summed E-state index contributed by atoms with van der Waals surface area (Å²) in [7, 11) is 0. The maximum absolute atomic E-state index is 12.0. The molecule has 3 aromatic rings. The summed E-state index contributed by atoms with van der Waals surface area (Å²) in [5.74, 6) is -0.306. The van der Waals surface area contributed by atoms with Crippen LogP contribution in [0, 0.1) is 6.92 Å². The Balaban J connectivity index is 0.00000176. The number of hydrogen-bond donors (Lipinski definition) is 0. The summed E-state index contributed by atoms with van der Waals surface area (Å²) in [5, 5.41) is 24.0. The van der Waals surface area contributed by atoms with Gasteiger partial charge in [0.25, 0.3) is 0 Å². The molecule has 0 spiro atoms. The van der Waals surface area contributed by atoms with Gasteiger partial charge in [0.1, 0.15) is 11.9 Å². The molecule has 0 saturated heterocycles. The Hall–Kier alpha value is -2.23. The smallest absolute Gasteiger partial charge is 0.872 e. The number of nitrogens with zero attached hydrogens (tertiary/aromatic N) is 4. The van der Waals surface area contributed by atoms with Crippen molar-refractivity contribution >= 4 is 29.8 Å². The Morgan fingerprint density at radius 3 is 2.91 bits per heavy atom. The van der Waals surface area contributed by atoms with Gasteiger partial charge in [-0.25, -0.2) is 9.47 Å². The van der Waals surface area contributed by atoms with E-state index in [2.05, 4.69) is 15.3 Å². The van der Waals surface area contributed by atoms with Gasteiger partial charge in [-0.3, -0.25) is 0 Å². The van der Waals surface area contributed by atoms with E-state index in [1.165, 1.54) is 29.4 Å². The molecule has 0 unspecified atom stereocenters. The van der Waals surface area contributed by atoms with Gasteiger partial charge >= 0.3 is 22.4 Å². The van der Waals surface area contributed by atoms with Gasteiger partial charge < -0.3 is 22.2 Å². The van der Waals surface area contributed by atoms with Crippen molar-refractivity contribution in [1.82, 2.24) is 14.9 Å². The molecule has 0 fully saturated rings. The maximum atomic E-state index is 12.0. The Kier molecular flexibility index (Phi) is 4.59. The fourth-order valence-electron chi connectivity index (χ4n) is 1.93. The van der Waals surface area contributed by atoms with Gasteiger partial charge in [-0.2, -0.15) is 10.2 Å². The normalized spacial score (nSPS) is 11.0. The standard InChI is InChI=1S/C13H10N4O3S.Co/c1-7-4-11(19)20-12-8(7)2-3-10(18)9(12)5-15-17-6-14-16-13(17)21;/h2-6,18H,1H3,(H,16,21);/q;+2/p-2/b15-5+;. The fraction of sp³-hybridized carbons (Fsp3) is 0.0769. The minimum absolute atomic E-state index is 0. The van der Waals surface area contributed by atoms with Crippen LogP contribution in [0.4, 0.5) is 0 Å². The number of rotatable bonds is 2. The summed E-state index contributed by atoms with van der Waals surface area (Å²) in [6.07, 6.45) is 2.60. The van der Waals surface area contributed by atoms with Gasteiger partial charge in [0.2, 0.25) is 0 Å². The predicted octanol–water partition coefficient (Wildman–Crippen LogP) is 0.552. The van der Waals surface area contributed by atoms with Gasteiger partial charge in [0.15, 0.2) is 0 Å². The van der Waals surface area contributed by atoms with Crippen LogP contribution in [0.2, 0.25) is 0 Å². The SMILES string of the molecule is Cc1cc(=O)oc2c(/C=N/n3cnnc3[S-])c([O-])ccc12.[Co+2]. The van der Waals surface area contributed by atoms with Crippen molar-refractivity contribution in [3.8, 4) is 5.75 Å². The summed E-state index contributed by atoms with van der Waals surface area (Å²) in [4.78, 5) is 11.5. The second-order valence-electron chi connectivity index (χ2n) is 4.31. The van der Waals surface area contributed by atoms with E-state index in [0.717, 1.165) is 5.56 Å². The summed E-state index contributed by atoms with van der Waals surface area (Å²) < 4.78 is 6.38. The third-order valence-corrected chi connectivity index (χ3v) is 3.20. The number of fused-ring (bicyclic) bond motifs is 1. The second-order valence-corrected chi connectivity index (χ2v) is 4.67. The van der Waals surface area contributed by atoms with E-state index in [1.807, 2.05) is 0 Å². The third kappa shape index (κ3) is 2.86. The third-order valence-electron chi connectivity index (χ3n) is 2.93. The first-order valence-electron chi connectivity index (χ1n) is 5.92. The quantitative estimate of drug-likeness (QED) is 0.377. The zero-order valence-corrected chi connectivity index (χ0v) is 13.0. The molecule has 2 heterocycles. The van der Waals surface area contributed by atoms with Crippen molar-refractivity contribution in [3.63, 3.8) is 0 Å². The number of benzene rings is 1. The van der Waals surface area contributed by atoms with Crippen LogP contribution in [0.5, 0.6) is 5.75 Å². The number of aryl methyl sites for hydroxylation is 1. The molecule has 1 radical (unpaired) electrons. The molecule has 0 aliphatic carbocycles. The summed E-state index contributed by atoms with van der Waals surface area (Å²) >= 11 is 4.90. The predicted molar refractivity (Wildman–Crippen MR) is 75.3 cm³/mol. The fourth-order valence-corrected chi connectivity index (χ4v) is 2.07. The average Bonchev–Trinajstić information content (AvgIpc) is 2.83. The molecule has 2 aromatic heterocycles. The first kappa shape index (κ1) is 16.1. The van der Waals surface area contributed by atoms with Crippen molar-refractivity contribution < 1.29 is 26.3 Å². The Bertz CT molecular complexity index is 919. The molecule has 3 rings (SSSR count). The van der Waals surface area contributed by atoms with Crippen molar-refractivity contribution in [2.24, 2.45) is 5.10 Å². The molecule has 0 N–H and O–H groups in total. The molecular formula is C13H8CoN4O3S. The molecule has 0 saturated carbocycles. The monoisotopic (exact) mass is 359 g/mol. The van der Waals surface area contributed by atoms with Crippen LogP contribution in [-0.2, 0) is 29.4 Å². The Morgan fingerprint density at radius 1 is 1.45 bits per heavy atom.